The zero-order chi connectivity index (χ0) is 12.1. The fraction of sp³-hybridized carbons (Fsp3) is 0.250. The van der Waals surface area contributed by atoms with Gasteiger partial charge in [-0.2, -0.15) is 0 Å². The average Bonchev–Trinajstić information content (AvgIpc) is 2.83. The van der Waals surface area contributed by atoms with Gasteiger partial charge in [-0.15, -0.1) is 11.3 Å². The van der Waals surface area contributed by atoms with Crippen molar-refractivity contribution in [3.63, 3.8) is 0 Å². The molecule has 17 heavy (non-hydrogen) atoms. The third-order valence-corrected chi connectivity index (χ3v) is 3.41. The zero-order valence-electron chi connectivity index (χ0n) is 9.44. The van der Waals surface area contributed by atoms with E-state index in [9.17, 15) is 0 Å². The van der Waals surface area contributed by atoms with E-state index >= 15 is 0 Å². The minimum absolute atomic E-state index is 0.547. The highest BCUT2D eigenvalue weighted by Crippen LogP contribution is 2.20. The molecule has 0 aliphatic rings. The van der Waals surface area contributed by atoms with Crippen molar-refractivity contribution in [3.8, 4) is 5.88 Å². The number of rotatable bonds is 5. The molecule has 0 atom stereocenters. The third-order valence-electron chi connectivity index (χ3n) is 2.22. The molecule has 0 fully saturated rings. The molecule has 2 heterocycles. The van der Waals surface area contributed by atoms with Crippen LogP contribution in [0.1, 0.15) is 10.4 Å². The molecule has 0 unspecified atom stereocenters. The second-order valence-electron chi connectivity index (χ2n) is 3.51. The minimum Gasteiger partial charge on any atom is -0.472 e. The van der Waals surface area contributed by atoms with E-state index in [-0.39, 0.29) is 0 Å². The van der Waals surface area contributed by atoms with E-state index in [1.807, 2.05) is 30.6 Å². The van der Waals surface area contributed by atoms with E-state index in [4.69, 9.17) is 16.3 Å². The number of hydrogen-bond acceptors (Lipinski definition) is 4. The summed E-state index contributed by atoms with van der Waals surface area (Å²) in [4.78, 5) is 5.32. The van der Waals surface area contributed by atoms with Gasteiger partial charge >= 0.3 is 0 Å². The molecule has 0 aliphatic heterocycles. The summed E-state index contributed by atoms with van der Waals surface area (Å²) in [7, 11) is 1.88. The standard InChI is InChI=1S/C12H13ClN2OS/c1-14-6-9-5-12(15-7-11(9)13)16-8-10-3-2-4-17-10/h2-5,7,14H,6,8H2,1H3. The fourth-order valence-corrected chi connectivity index (χ4v) is 2.19. The lowest BCUT2D eigenvalue weighted by molar-refractivity contribution is 0.297. The molecule has 0 aromatic carbocycles. The van der Waals surface area contributed by atoms with Gasteiger partial charge in [-0.25, -0.2) is 4.98 Å². The van der Waals surface area contributed by atoms with Crippen LogP contribution in [0.5, 0.6) is 5.88 Å². The Kier molecular flexibility index (Phi) is 4.36. The summed E-state index contributed by atoms with van der Waals surface area (Å²) in [6, 6.07) is 5.91. The lowest BCUT2D eigenvalue weighted by Gasteiger charge is -2.07. The molecule has 2 aromatic heterocycles. The molecule has 90 valence electrons. The topological polar surface area (TPSA) is 34.1 Å². The maximum absolute atomic E-state index is 6.02. The number of aromatic nitrogens is 1. The first-order valence-corrected chi connectivity index (χ1v) is 6.49. The molecule has 0 radical (unpaired) electrons. The maximum atomic E-state index is 6.02. The molecule has 0 bridgehead atoms. The third kappa shape index (κ3) is 3.43. The van der Waals surface area contributed by atoms with Crippen molar-refractivity contribution < 1.29 is 4.74 Å². The Morgan fingerprint density at radius 2 is 2.41 bits per heavy atom. The van der Waals surface area contributed by atoms with Crippen molar-refractivity contribution in [1.82, 2.24) is 10.3 Å². The second kappa shape index (κ2) is 6.00. The highest BCUT2D eigenvalue weighted by Gasteiger charge is 2.04. The molecule has 0 aliphatic carbocycles. The molecule has 0 spiro atoms. The summed E-state index contributed by atoms with van der Waals surface area (Å²) in [5.41, 5.74) is 0.991. The number of hydrogen-bond donors (Lipinski definition) is 1. The van der Waals surface area contributed by atoms with Crippen LogP contribution in [0, 0.1) is 0 Å². The van der Waals surface area contributed by atoms with Gasteiger partial charge in [0.15, 0.2) is 0 Å². The van der Waals surface area contributed by atoms with Gasteiger partial charge in [-0.1, -0.05) is 17.7 Å². The van der Waals surface area contributed by atoms with Gasteiger partial charge < -0.3 is 10.1 Å². The van der Waals surface area contributed by atoms with Crippen molar-refractivity contribution in [3.05, 3.63) is 45.2 Å². The Bertz CT molecular complexity index is 473. The summed E-state index contributed by atoms with van der Waals surface area (Å²) < 4.78 is 5.61. The van der Waals surface area contributed by atoms with E-state index in [2.05, 4.69) is 10.3 Å². The van der Waals surface area contributed by atoms with Crippen molar-refractivity contribution in [1.29, 1.82) is 0 Å². The molecule has 0 saturated carbocycles. The lowest BCUT2D eigenvalue weighted by Crippen LogP contribution is -2.06. The van der Waals surface area contributed by atoms with E-state index in [1.54, 1.807) is 17.5 Å². The normalized spacial score (nSPS) is 10.5. The molecule has 0 amide bonds. The molecule has 2 rings (SSSR count). The summed E-state index contributed by atoms with van der Waals surface area (Å²) in [5.74, 6) is 0.605. The molecule has 1 N–H and O–H groups in total. The zero-order valence-corrected chi connectivity index (χ0v) is 11.0. The predicted octanol–water partition coefficient (Wildman–Crippen LogP) is 3.09. The van der Waals surface area contributed by atoms with Crippen LogP contribution in [0.3, 0.4) is 0 Å². The van der Waals surface area contributed by atoms with Gasteiger partial charge in [0.1, 0.15) is 6.61 Å². The number of pyridine rings is 1. The van der Waals surface area contributed by atoms with Crippen LogP contribution < -0.4 is 10.1 Å². The summed E-state index contributed by atoms with van der Waals surface area (Å²) in [6.45, 7) is 1.25. The van der Waals surface area contributed by atoms with Gasteiger partial charge in [0, 0.05) is 23.7 Å². The minimum atomic E-state index is 0.547. The Morgan fingerprint density at radius 3 is 3.12 bits per heavy atom. The highest BCUT2D eigenvalue weighted by molar-refractivity contribution is 7.09. The number of halogens is 1. The van der Waals surface area contributed by atoms with Gasteiger partial charge in [-0.05, 0) is 24.1 Å². The monoisotopic (exact) mass is 268 g/mol. The van der Waals surface area contributed by atoms with Crippen LogP contribution in [0.2, 0.25) is 5.02 Å². The summed E-state index contributed by atoms with van der Waals surface area (Å²) >= 11 is 7.69. The van der Waals surface area contributed by atoms with Crippen LogP contribution >= 0.6 is 22.9 Å². The van der Waals surface area contributed by atoms with Crippen LogP contribution in [0.25, 0.3) is 0 Å². The van der Waals surface area contributed by atoms with Crippen LogP contribution in [0.15, 0.2) is 29.8 Å². The first-order valence-electron chi connectivity index (χ1n) is 5.24. The smallest absolute Gasteiger partial charge is 0.213 e. The first-order chi connectivity index (χ1) is 8.29. The molecule has 2 aromatic rings. The van der Waals surface area contributed by atoms with E-state index in [0.29, 0.717) is 24.1 Å². The number of thiophene rings is 1. The number of nitrogens with one attached hydrogen (secondary N) is 1. The quantitative estimate of drug-likeness (QED) is 0.905. The van der Waals surface area contributed by atoms with Crippen molar-refractivity contribution in [2.75, 3.05) is 7.05 Å². The summed E-state index contributed by atoms with van der Waals surface area (Å²) in [5, 5.41) is 5.74. The average molecular weight is 269 g/mol. The molecule has 3 nitrogen and oxygen atoms in total. The van der Waals surface area contributed by atoms with Gasteiger partial charge in [0.05, 0.1) is 5.02 Å². The van der Waals surface area contributed by atoms with Crippen LogP contribution in [-0.2, 0) is 13.2 Å². The Labute approximate surface area is 109 Å². The van der Waals surface area contributed by atoms with Crippen molar-refractivity contribution >= 4 is 22.9 Å². The second-order valence-corrected chi connectivity index (χ2v) is 4.95. The SMILES string of the molecule is CNCc1cc(OCc2cccs2)ncc1Cl. The largest absolute Gasteiger partial charge is 0.472 e. The number of ether oxygens (including phenoxy) is 1. The lowest BCUT2D eigenvalue weighted by atomic mass is 10.2. The van der Waals surface area contributed by atoms with Crippen LogP contribution in [-0.4, -0.2) is 12.0 Å². The Morgan fingerprint density at radius 1 is 1.53 bits per heavy atom. The maximum Gasteiger partial charge on any atom is 0.213 e. The molecule has 5 heteroatoms. The van der Waals surface area contributed by atoms with Crippen molar-refractivity contribution in [2.24, 2.45) is 0 Å². The Hall–Kier alpha value is -1.10. The van der Waals surface area contributed by atoms with Gasteiger partial charge in [-0.3, -0.25) is 0 Å². The Balaban J connectivity index is 2.03. The van der Waals surface area contributed by atoms with Crippen molar-refractivity contribution in [2.45, 2.75) is 13.2 Å². The van der Waals surface area contributed by atoms with Gasteiger partial charge in [0.2, 0.25) is 5.88 Å². The van der Waals surface area contributed by atoms with Crippen LogP contribution in [0.4, 0.5) is 0 Å². The molecular weight excluding hydrogens is 256 g/mol. The molecule has 0 saturated heterocycles. The number of nitrogens with zero attached hydrogens (tertiary/aromatic N) is 1. The van der Waals surface area contributed by atoms with E-state index in [1.165, 1.54) is 4.88 Å². The summed E-state index contributed by atoms with van der Waals surface area (Å²) in [6.07, 6.45) is 1.62. The first kappa shape index (κ1) is 12.4. The molecular formula is C12H13ClN2OS. The predicted molar refractivity (Wildman–Crippen MR) is 70.7 cm³/mol. The van der Waals surface area contributed by atoms with Gasteiger partial charge in [0.25, 0.3) is 0 Å². The fourth-order valence-electron chi connectivity index (χ4n) is 1.40. The van der Waals surface area contributed by atoms with E-state index in [0.717, 1.165) is 5.56 Å². The highest BCUT2D eigenvalue weighted by atomic mass is 35.5. The van der Waals surface area contributed by atoms with E-state index < -0.39 is 0 Å².